The van der Waals surface area contributed by atoms with Crippen molar-refractivity contribution >= 4 is 11.8 Å². The van der Waals surface area contributed by atoms with Gasteiger partial charge in [-0.3, -0.25) is 9.59 Å². The Kier molecular flexibility index (Phi) is 5.32. The summed E-state index contributed by atoms with van der Waals surface area (Å²) in [6.45, 7) is 2.04. The molecule has 0 saturated heterocycles. The number of benzene rings is 1. The molecule has 0 saturated carbocycles. The zero-order valence-corrected chi connectivity index (χ0v) is 10.5. The van der Waals surface area contributed by atoms with E-state index in [1.807, 2.05) is 37.3 Å². The first kappa shape index (κ1) is 14.2. The molecule has 2 amide bonds. The maximum absolute atomic E-state index is 11.9. The Hall–Kier alpha value is -1.88. The molecule has 0 aromatic heterocycles. The van der Waals surface area contributed by atoms with Gasteiger partial charge in [0.2, 0.25) is 11.8 Å². The summed E-state index contributed by atoms with van der Waals surface area (Å²) >= 11 is 0. The SMILES string of the molecule is C[C@H](c1ccccc1)N(CC(N)=O)C(=O)CCN. The van der Waals surface area contributed by atoms with Crippen LogP contribution >= 0.6 is 0 Å². The van der Waals surface area contributed by atoms with Crippen LogP contribution in [0, 0.1) is 0 Å². The molecule has 0 heterocycles. The molecule has 98 valence electrons. The summed E-state index contributed by atoms with van der Waals surface area (Å²) in [7, 11) is 0. The minimum absolute atomic E-state index is 0.0884. The van der Waals surface area contributed by atoms with Gasteiger partial charge in [0.1, 0.15) is 0 Å². The lowest BCUT2D eigenvalue weighted by Crippen LogP contribution is -2.40. The summed E-state index contributed by atoms with van der Waals surface area (Å²) < 4.78 is 0. The van der Waals surface area contributed by atoms with Crippen molar-refractivity contribution in [2.24, 2.45) is 11.5 Å². The highest BCUT2D eigenvalue weighted by Gasteiger charge is 2.22. The van der Waals surface area contributed by atoms with Gasteiger partial charge in [-0.25, -0.2) is 0 Å². The molecular weight excluding hydrogens is 230 g/mol. The maximum atomic E-state index is 11.9. The molecule has 1 aromatic carbocycles. The third-order valence-corrected chi connectivity index (χ3v) is 2.75. The summed E-state index contributed by atoms with van der Waals surface area (Å²) in [5, 5.41) is 0. The monoisotopic (exact) mass is 249 g/mol. The lowest BCUT2D eigenvalue weighted by molar-refractivity contribution is -0.137. The first-order chi connectivity index (χ1) is 8.56. The molecule has 5 nitrogen and oxygen atoms in total. The summed E-state index contributed by atoms with van der Waals surface area (Å²) in [4.78, 5) is 24.4. The van der Waals surface area contributed by atoms with E-state index in [4.69, 9.17) is 11.5 Å². The third-order valence-electron chi connectivity index (χ3n) is 2.75. The Labute approximate surface area is 107 Å². The van der Waals surface area contributed by atoms with Gasteiger partial charge in [-0.05, 0) is 12.5 Å². The molecule has 4 N–H and O–H groups in total. The van der Waals surface area contributed by atoms with Gasteiger partial charge in [0, 0.05) is 13.0 Å². The number of hydrogen-bond donors (Lipinski definition) is 2. The van der Waals surface area contributed by atoms with Gasteiger partial charge in [-0.2, -0.15) is 0 Å². The van der Waals surface area contributed by atoms with Crippen molar-refractivity contribution in [1.82, 2.24) is 4.90 Å². The van der Waals surface area contributed by atoms with E-state index in [0.29, 0.717) is 0 Å². The zero-order chi connectivity index (χ0) is 13.5. The number of carbonyl (C=O) groups is 2. The molecule has 1 atom stereocenters. The van der Waals surface area contributed by atoms with Crippen molar-refractivity contribution in [2.75, 3.05) is 13.1 Å². The Bertz CT molecular complexity index is 406. The number of carbonyl (C=O) groups excluding carboxylic acids is 2. The average Bonchev–Trinajstić information content (AvgIpc) is 2.36. The van der Waals surface area contributed by atoms with Gasteiger partial charge in [0.05, 0.1) is 12.6 Å². The largest absolute Gasteiger partial charge is 0.368 e. The maximum Gasteiger partial charge on any atom is 0.237 e. The van der Waals surface area contributed by atoms with Gasteiger partial charge in [-0.1, -0.05) is 30.3 Å². The van der Waals surface area contributed by atoms with Crippen molar-refractivity contribution in [3.05, 3.63) is 35.9 Å². The smallest absolute Gasteiger partial charge is 0.237 e. The molecule has 0 fully saturated rings. The van der Waals surface area contributed by atoms with Crippen molar-refractivity contribution in [3.8, 4) is 0 Å². The second-order valence-electron chi connectivity index (χ2n) is 4.11. The molecule has 0 aliphatic carbocycles. The van der Waals surface area contributed by atoms with Crippen LogP contribution in [0.15, 0.2) is 30.3 Å². The zero-order valence-electron chi connectivity index (χ0n) is 10.5. The average molecular weight is 249 g/mol. The first-order valence-corrected chi connectivity index (χ1v) is 5.89. The van der Waals surface area contributed by atoms with Crippen LogP contribution in [-0.2, 0) is 9.59 Å². The van der Waals surface area contributed by atoms with Crippen LogP contribution < -0.4 is 11.5 Å². The Morgan fingerprint density at radius 1 is 1.28 bits per heavy atom. The van der Waals surface area contributed by atoms with E-state index in [2.05, 4.69) is 0 Å². The number of rotatable bonds is 6. The van der Waals surface area contributed by atoms with Crippen LogP contribution in [0.25, 0.3) is 0 Å². The highest BCUT2D eigenvalue weighted by molar-refractivity contribution is 5.84. The minimum Gasteiger partial charge on any atom is -0.368 e. The summed E-state index contributed by atoms with van der Waals surface area (Å²) in [5.41, 5.74) is 11.5. The lowest BCUT2D eigenvalue weighted by Gasteiger charge is -2.28. The number of amides is 2. The fourth-order valence-corrected chi connectivity index (χ4v) is 1.79. The topological polar surface area (TPSA) is 89.4 Å². The molecule has 18 heavy (non-hydrogen) atoms. The third kappa shape index (κ3) is 3.85. The second kappa shape index (κ2) is 6.76. The van der Waals surface area contributed by atoms with Crippen LogP contribution in [0.2, 0.25) is 0 Å². The summed E-state index contributed by atoms with van der Waals surface area (Å²) in [5.74, 6) is -0.684. The normalized spacial score (nSPS) is 11.9. The predicted octanol–water partition coefficient (Wildman–Crippen LogP) is 0.410. The standard InChI is InChI=1S/C13H19N3O2/c1-10(11-5-3-2-4-6-11)16(9-12(15)17)13(18)7-8-14/h2-6,10H,7-9,14H2,1H3,(H2,15,17)/t10-/m1/s1. The van der Waals surface area contributed by atoms with Crippen molar-refractivity contribution in [1.29, 1.82) is 0 Å². The van der Waals surface area contributed by atoms with E-state index < -0.39 is 5.91 Å². The van der Waals surface area contributed by atoms with Gasteiger partial charge < -0.3 is 16.4 Å². The van der Waals surface area contributed by atoms with E-state index in [0.717, 1.165) is 5.56 Å². The molecule has 0 bridgehead atoms. The first-order valence-electron chi connectivity index (χ1n) is 5.89. The Balaban J connectivity index is 2.88. The van der Waals surface area contributed by atoms with E-state index in [1.165, 1.54) is 4.90 Å². The van der Waals surface area contributed by atoms with Crippen LogP contribution in [-0.4, -0.2) is 29.8 Å². The van der Waals surface area contributed by atoms with Gasteiger partial charge in [-0.15, -0.1) is 0 Å². The van der Waals surface area contributed by atoms with Crippen LogP contribution in [0.3, 0.4) is 0 Å². The van der Waals surface area contributed by atoms with Crippen LogP contribution in [0.5, 0.6) is 0 Å². The van der Waals surface area contributed by atoms with Gasteiger partial charge in [0.15, 0.2) is 0 Å². The van der Waals surface area contributed by atoms with Crippen molar-refractivity contribution < 1.29 is 9.59 Å². The van der Waals surface area contributed by atoms with E-state index >= 15 is 0 Å². The summed E-state index contributed by atoms with van der Waals surface area (Å²) in [6, 6.07) is 9.31. The second-order valence-corrected chi connectivity index (χ2v) is 4.11. The van der Waals surface area contributed by atoms with Gasteiger partial charge in [0.25, 0.3) is 0 Å². The quantitative estimate of drug-likeness (QED) is 0.765. The predicted molar refractivity (Wildman–Crippen MR) is 69.4 cm³/mol. The fraction of sp³-hybridized carbons (Fsp3) is 0.385. The Morgan fingerprint density at radius 2 is 1.89 bits per heavy atom. The number of primary amides is 1. The highest BCUT2D eigenvalue weighted by Crippen LogP contribution is 2.20. The molecule has 5 heteroatoms. The lowest BCUT2D eigenvalue weighted by atomic mass is 10.1. The Morgan fingerprint density at radius 3 is 2.39 bits per heavy atom. The van der Waals surface area contributed by atoms with Crippen molar-refractivity contribution in [3.63, 3.8) is 0 Å². The van der Waals surface area contributed by atoms with E-state index in [-0.39, 0.29) is 31.5 Å². The van der Waals surface area contributed by atoms with Crippen LogP contribution in [0.1, 0.15) is 24.9 Å². The molecular formula is C13H19N3O2. The summed E-state index contributed by atoms with van der Waals surface area (Å²) in [6.07, 6.45) is 0.213. The van der Waals surface area contributed by atoms with Gasteiger partial charge >= 0.3 is 0 Å². The molecule has 0 spiro atoms. The molecule has 0 radical (unpaired) electrons. The van der Waals surface area contributed by atoms with E-state index in [1.54, 1.807) is 0 Å². The van der Waals surface area contributed by atoms with Crippen LogP contribution in [0.4, 0.5) is 0 Å². The fourth-order valence-electron chi connectivity index (χ4n) is 1.79. The van der Waals surface area contributed by atoms with Crippen molar-refractivity contribution in [2.45, 2.75) is 19.4 Å². The number of hydrogen-bond acceptors (Lipinski definition) is 3. The molecule has 1 aromatic rings. The molecule has 0 aliphatic rings. The van der Waals surface area contributed by atoms with E-state index in [9.17, 15) is 9.59 Å². The molecule has 0 unspecified atom stereocenters. The molecule has 0 aliphatic heterocycles. The number of nitrogens with two attached hydrogens (primary N) is 2. The highest BCUT2D eigenvalue weighted by atomic mass is 16.2. The number of nitrogens with zero attached hydrogens (tertiary/aromatic N) is 1. The molecule has 1 rings (SSSR count). The minimum atomic E-state index is -0.525.